The number of nitrogens with one attached hydrogen (secondary N) is 1. The quantitative estimate of drug-likeness (QED) is 0.444. The van der Waals surface area contributed by atoms with Gasteiger partial charge < -0.3 is 24.5 Å². The Morgan fingerprint density at radius 3 is 2.82 bits per heavy atom. The maximum Gasteiger partial charge on any atom is 0.258 e. The number of aliphatic hydroxyl groups is 1. The largest absolute Gasteiger partial charge is 0.495 e. The van der Waals surface area contributed by atoms with Crippen LogP contribution in [0.3, 0.4) is 0 Å². The van der Waals surface area contributed by atoms with E-state index in [1.165, 1.54) is 0 Å². The van der Waals surface area contributed by atoms with E-state index in [1.807, 2.05) is 13.0 Å². The van der Waals surface area contributed by atoms with Crippen LogP contribution in [0.4, 0.5) is 0 Å². The molecule has 0 spiro atoms. The Bertz CT molecular complexity index is 1410. The summed E-state index contributed by atoms with van der Waals surface area (Å²) in [7, 11) is 1.61. The van der Waals surface area contributed by atoms with Crippen LogP contribution in [-0.2, 0) is 30.0 Å². The second kappa shape index (κ2) is 8.12. The first-order valence-corrected chi connectivity index (χ1v) is 11.8. The first-order chi connectivity index (χ1) is 16.2. The zero-order valence-corrected chi connectivity index (χ0v) is 20.5. The van der Waals surface area contributed by atoms with E-state index >= 15 is 0 Å². The highest BCUT2D eigenvalue weighted by atomic mass is 35.5. The first-order valence-electron chi connectivity index (χ1n) is 11.4. The monoisotopic (exact) mass is 481 g/mol. The summed E-state index contributed by atoms with van der Waals surface area (Å²) in [6, 6.07) is 6.02. The van der Waals surface area contributed by atoms with E-state index in [0.717, 1.165) is 22.0 Å². The summed E-state index contributed by atoms with van der Waals surface area (Å²) < 4.78 is 12.9. The van der Waals surface area contributed by atoms with Gasteiger partial charge in [0, 0.05) is 34.7 Å². The van der Waals surface area contributed by atoms with E-state index in [4.69, 9.17) is 26.1 Å². The van der Waals surface area contributed by atoms with Crippen molar-refractivity contribution in [1.82, 2.24) is 14.9 Å². The van der Waals surface area contributed by atoms with Gasteiger partial charge in [0.15, 0.2) is 0 Å². The number of rotatable bonds is 5. The molecular weight excluding hydrogens is 454 g/mol. The summed E-state index contributed by atoms with van der Waals surface area (Å²) in [5.41, 5.74) is 3.41. The molecule has 4 heterocycles. The maximum absolute atomic E-state index is 13.4. The number of ether oxygens (including phenoxy) is 2. The third-order valence-electron chi connectivity index (χ3n) is 6.88. The molecule has 0 radical (unpaired) electrons. The number of fused-ring (bicyclic) bond motifs is 5. The lowest BCUT2D eigenvalue weighted by atomic mass is 9.84. The molecular formula is C26H28ClN3O4. The molecule has 0 fully saturated rings. The molecule has 5 rings (SSSR count). The Labute approximate surface area is 203 Å². The maximum atomic E-state index is 13.4. The smallest absolute Gasteiger partial charge is 0.258 e. The minimum absolute atomic E-state index is 0.0964. The molecule has 8 heteroatoms. The third-order valence-corrected chi connectivity index (χ3v) is 7.16. The lowest BCUT2D eigenvalue weighted by Crippen LogP contribution is -2.38. The number of hydrogen-bond acceptors (Lipinski definition) is 6. The SMILES string of the molecule is C=C1OCc2c(cc3n(c2=O)Cc2cc4c(CNC(C)C)c(OC)c(Cl)cc4nc2-3)[C@@]1(O)CC. The fourth-order valence-corrected chi connectivity index (χ4v) is 5.25. The van der Waals surface area contributed by atoms with Crippen molar-refractivity contribution >= 4 is 22.5 Å². The van der Waals surface area contributed by atoms with E-state index < -0.39 is 5.60 Å². The Kier molecular flexibility index (Phi) is 5.47. The molecule has 0 saturated carbocycles. The summed E-state index contributed by atoms with van der Waals surface area (Å²) in [5.74, 6) is 0.883. The highest BCUT2D eigenvalue weighted by Crippen LogP contribution is 2.43. The van der Waals surface area contributed by atoms with E-state index in [-0.39, 0.29) is 24.0 Å². The van der Waals surface area contributed by atoms with Crippen LogP contribution in [0.25, 0.3) is 22.3 Å². The molecule has 2 aromatic heterocycles. The molecule has 7 nitrogen and oxygen atoms in total. The molecule has 0 saturated heterocycles. The van der Waals surface area contributed by atoms with Crippen molar-refractivity contribution < 1.29 is 14.6 Å². The molecule has 0 bridgehead atoms. The van der Waals surface area contributed by atoms with Crippen LogP contribution in [0.1, 0.15) is 49.4 Å². The fourth-order valence-electron chi connectivity index (χ4n) is 4.96. The number of benzene rings is 1. The number of pyridine rings is 2. The molecule has 1 atom stereocenters. The van der Waals surface area contributed by atoms with Crippen LogP contribution in [0.2, 0.25) is 5.02 Å². The van der Waals surface area contributed by atoms with Crippen LogP contribution in [0.5, 0.6) is 5.75 Å². The molecule has 2 aliphatic heterocycles. The standard InChI is InChI=1S/C26H28ClN3O4/c1-6-26(32)14(4)34-12-18-19(26)8-22-23-15(11-30(22)25(18)31)7-16-17(10-28-13(2)3)24(33-5)20(27)9-21(16)29-23/h7-9,13,28,32H,4,6,10-12H2,1-3,5H3/t26-/m1/s1. The molecule has 2 N–H and O–H groups in total. The fraction of sp³-hybridized carbons (Fsp3) is 0.385. The summed E-state index contributed by atoms with van der Waals surface area (Å²) >= 11 is 6.56. The van der Waals surface area contributed by atoms with Crippen molar-refractivity contribution in [1.29, 1.82) is 0 Å². The molecule has 0 amide bonds. The van der Waals surface area contributed by atoms with Gasteiger partial charge in [0.1, 0.15) is 23.7 Å². The molecule has 178 valence electrons. The summed E-state index contributed by atoms with van der Waals surface area (Å²) in [6.45, 7) is 10.9. The van der Waals surface area contributed by atoms with Gasteiger partial charge in [0.25, 0.3) is 5.56 Å². The first kappa shape index (κ1) is 22.9. The normalized spacial score (nSPS) is 18.6. The second-order valence-electron chi connectivity index (χ2n) is 9.21. The zero-order valence-electron chi connectivity index (χ0n) is 19.8. The van der Waals surface area contributed by atoms with E-state index in [0.29, 0.717) is 52.8 Å². The number of methoxy groups -OCH3 is 1. The van der Waals surface area contributed by atoms with Gasteiger partial charge in [-0.05, 0) is 24.6 Å². The van der Waals surface area contributed by atoms with Gasteiger partial charge in [-0.2, -0.15) is 0 Å². The van der Waals surface area contributed by atoms with Crippen molar-refractivity contribution in [3.8, 4) is 17.1 Å². The van der Waals surface area contributed by atoms with Gasteiger partial charge in [-0.15, -0.1) is 0 Å². The Morgan fingerprint density at radius 2 is 2.15 bits per heavy atom. The van der Waals surface area contributed by atoms with Crippen LogP contribution in [0.15, 0.2) is 35.3 Å². The van der Waals surface area contributed by atoms with Crippen LogP contribution in [-0.4, -0.2) is 27.8 Å². The van der Waals surface area contributed by atoms with Gasteiger partial charge in [0.05, 0.1) is 41.1 Å². The Balaban J connectivity index is 1.73. The van der Waals surface area contributed by atoms with Crippen molar-refractivity contribution in [3.05, 3.63) is 68.2 Å². The molecule has 0 unspecified atom stereocenters. The minimum atomic E-state index is -1.41. The Hall–Kier alpha value is -2.87. The van der Waals surface area contributed by atoms with E-state index in [9.17, 15) is 9.90 Å². The van der Waals surface area contributed by atoms with E-state index in [2.05, 4.69) is 31.8 Å². The van der Waals surface area contributed by atoms with Crippen molar-refractivity contribution in [2.24, 2.45) is 0 Å². The van der Waals surface area contributed by atoms with Crippen LogP contribution in [0, 0.1) is 0 Å². The summed E-state index contributed by atoms with van der Waals surface area (Å²) in [6.07, 6.45) is 0.349. The number of hydrogen-bond donors (Lipinski definition) is 2. The van der Waals surface area contributed by atoms with Crippen LogP contribution < -0.4 is 15.6 Å². The molecule has 0 aliphatic carbocycles. The van der Waals surface area contributed by atoms with Gasteiger partial charge in [-0.25, -0.2) is 4.98 Å². The number of nitrogens with zero attached hydrogens (tertiary/aromatic N) is 2. The molecule has 2 aliphatic rings. The van der Waals surface area contributed by atoms with E-state index in [1.54, 1.807) is 17.7 Å². The Morgan fingerprint density at radius 1 is 1.38 bits per heavy atom. The average Bonchev–Trinajstić information content (AvgIpc) is 3.16. The lowest BCUT2D eigenvalue weighted by molar-refractivity contribution is -0.0172. The van der Waals surface area contributed by atoms with Gasteiger partial charge >= 0.3 is 0 Å². The van der Waals surface area contributed by atoms with Crippen molar-refractivity contribution in [3.63, 3.8) is 0 Å². The second-order valence-corrected chi connectivity index (χ2v) is 9.61. The zero-order chi connectivity index (χ0) is 24.4. The van der Waals surface area contributed by atoms with Gasteiger partial charge in [-0.1, -0.05) is 39.0 Å². The molecule has 34 heavy (non-hydrogen) atoms. The highest BCUT2D eigenvalue weighted by Gasteiger charge is 2.41. The summed E-state index contributed by atoms with van der Waals surface area (Å²) in [5, 5.41) is 16.1. The van der Waals surface area contributed by atoms with Gasteiger partial charge in [0.2, 0.25) is 0 Å². The van der Waals surface area contributed by atoms with Crippen molar-refractivity contribution in [2.45, 2.75) is 58.5 Å². The average molecular weight is 482 g/mol. The third kappa shape index (κ3) is 3.26. The number of halogens is 1. The topological polar surface area (TPSA) is 85.6 Å². The van der Waals surface area contributed by atoms with Gasteiger partial charge in [-0.3, -0.25) is 4.79 Å². The van der Waals surface area contributed by atoms with Crippen molar-refractivity contribution in [2.75, 3.05) is 7.11 Å². The lowest BCUT2D eigenvalue weighted by Gasteiger charge is -2.35. The van der Waals surface area contributed by atoms with Crippen LogP contribution >= 0.6 is 11.6 Å². The molecule has 3 aromatic rings. The summed E-state index contributed by atoms with van der Waals surface area (Å²) in [4.78, 5) is 18.4. The highest BCUT2D eigenvalue weighted by molar-refractivity contribution is 6.33. The number of aromatic nitrogens is 2. The predicted molar refractivity (Wildman–Crippen MR) is 132 cm³/mol. The minimum Gasteiger partial charge on any atom is -0.495 e. The molecule has 1 aromatic carbocycles. The predicted octanol–water partition coefficient (Wildman–Crippen LogP) is 4.23.